The van der Waals surface area contributed by atoms with E-state index in [-0.39, 0.29) is 11.2 Å². The molecule has 1 saturated carbocycles. The van der Waals surface area contributed by atoms with E-state index in [0.29, 0.717) is 30.7 Å². The Kier molecular flexibility index (Phi) is 8.56. The highest BCUT2D eigenvalue weighted by molar-refractivity contribution is 9.10. The third-order valence-corrected chi connectivity index (χ3v) is 6.47. The number of carbonyl (C=O) groups excluding carboxylic acids is 1. The van der Waals surface area contributed by atoms with Gasteiger partial charge < -0.3 is 10.1 Å². The minimum absolute atomic E-state index is 0.00628. The minimum Gasteiger partial charge on any atom is -0.363 e. The van der Waals surface area contributed by atoms with Crippen LogP contribution in [0.25, 0.3) is 0 Å². The Morgan fingerprint density at radius 1 is 1.23 bits per heavy atom. The van der Waals surface area contributed by atoms with Crippen LogP contribution < -0.4 is 5.32 Å². The first-order valence-corrected chi connectivity index (χ1v) is 11.7. The van der Waals surface area contributed by atoms with Gasteiger partial charge in [0, 0.05) is 9.89 Å². The number of hydrogen-bond donors (Lipinski definition) is 1. The third-order valence-electron chi connectivity index (χ3n) is 5.88. The van der Waals surface area contributed by atoms with Gasteiger partial charge in [0.05, 0.1) is 11.1 Å². The molecule has 1 N–H and O–H groups in total. The number of ether oxygens (including phenoxy) is 1. The number of alkyl halides is 2. The summed E-state index contributed by atoms with van der Waals surface area (Å²) in [4.78, 5) is 13.6. The molecule has 2 aliphatic carbocycles. The van der Waals surface area contributed by atoms with Crippen LogP contribution >= 0.6 is 28.1 Å². The average molecular weight is 504 g/mol. The maximum Gasteiger partial charge on any atom is 0.345 e. The van der Waals surface area contributed by atoms with Crippen molar-refractivity contribution in [3.8, 4) is 0 Å². The number of nitrogens with one attached hydrogen (secondary N) is 1. The van der Waals surface area contributed by atoms with Gasteiger partial charge in [0.25, 0.3) is 0 Å². The SMILES string of the molecule is CC(=O)C1(NC(C)=S)c2cc(Br)ccc2CC12CCC(OC(F)F)CC2.CC(C)C. The highest BCUT2D eigenvalue weighted by Crippen LogP contribution is 2.58. The molecule has 0 aromatic heterocycles. The Morgan fingerprint density at radius 2 is 1.80 bits per heavy atom. The Labute approximate surface area is 192 Å². The molecule has 0 bridgehead atoms. The van der Waals surface area contributed by atoms with Crippen LogP contribution in [-0.2, 0) is 21.5 Å². The summed E-state index contributed by atoms with van der Waals surface area (Å²) in [6.45, 7) is 7.10. The summed E-state index contributed by atoms with van der Waals surface area (Å²) < 4.78 is 30.8. The summed E-state index contributed by atoms with van der Waals surface area (Å²) in [5.41, 5.74) is 0.745. The standard InChI is InChI=1S/C19H22BrF2NO2S.C4H10/c1-11(24)19(23-12(2)26)16-9-14(20)4-3-13(16)10-18(19)7-5-15(6-8-18)25-17(21)22;1-4(2)3/h3-4,9,15,17H,5-8,10H2,1-2H3,(H,23,26);4H,1-3H3. The number of halogens is 3. The van der Waals surface area contributed by atoms with Crippen LogP contribution in [0, 0.1) is 11.3 Å². The molecule has 0 heterocycles. The van der Waals surface area contributed by atoms with Crippen molar-refractivity contribution >= 4 is 38.9 Å². The van der Waals surface area contributed by atoms with E-state index in [2.05, 4.69) is 42.0 Å². The lowest BCUT2D eigenvalue weighted by Gasteiger charge is -2.49. The molecule has 3 nitrogen and oxygen atoms in total. The number of benzene rings is 1. The fraction of sp³-hybridized carbons (Fsp3) is 0.652. The number of rotatable bonds is 4. The second-order valence-corrected chi connectivity index (χ2v) is 10.6. The van der Waals surface area contributed by atoms with Crippen LogP contribution in [-0.4, -0.2) is 23.5 Å². The molecule has 0 radical (unpaired) electrons. The van der Waals surface area contributed by atoms with Gasteiger partial charge in [0.1, 0.15) is 5.54 Å². The molecule has 0 aliphatic heterocycles. The summed E-state index contributed by atoms with van der Waals surface area (Å²) in [7, 11) is 0. The zero-order valence-corrected chi connectivity index (χ0v) is 20.8. The summed E-state index contributed by atoms with van der Waals surface area (Å²) in [6.07, 6.45) is 2.54. The lowest BCUT2D eigenvalue weighted by molar-refractivity contribution is -0.178. The van der Waals surface area contributed by atoms with Gasteiger partial charge in [0.15, 0.2) is 5.78 Å². The van der Waals surface area contributed by atoms with E-state index in [1.165, 1.54) is 0 Å². The number of carbonyl (C=O) groups is 1. The van der Waals surface area contributed by atoms with Crippen molar-refractivity contribution in [3.63, 3.8) is 0 Å². The van der Waals surface area contributed by atoms with Gasteiger partial charge in [-0.3, -0.25) is 4.79 Å². The van der Waals surface area contributed by atoms with Crippen molar-refractivity contribution in [1.82, 2.24) is 5.32 Å². The zero-order chi connectivity index (χ0) is 22.7. The molecule has 2 aliphatic rings. The molecule has 168 valence electrons. The van der Waals surface area contributed by atoms with Gasteiger partial charge in [-0.05, 0) is 75.1 Å². The number of Topliss-reactive ketones (excluding diaryl/α,β-unsaturated/α-hetero) is 1. The number of hydrogen-bond acceptors (Lipinski definition) is 3. The predicted molar refractivity (Wildman–Crippen MR) is 124 cm³/mol. The van der Waals surface area contributed by atoms with E-state index < -0.39 is 18.3 Å². The summed E-state index contributed by atoms with van der Waals surface area (Å²) >= 11 is 8.82. The van der Waals surface area contributed by atoms with Crippen LogP contribution in [0.2, 0.25) is 0 Å². The fourth-order valence-electron chi connectivity index (χ4n) is 4.93. The summed E-state index contributed by atoms with van der Waals surface area (Å²) in [5.74, 6) is 0.840. The van der Waals surface area contributed by atoms with Gasteiger partial charge in [0.2, 0.25) is 0 Å². The zero-order valence-electron chi connectivity index (χ0n) is 18.4. The molecule has 0 saturated heterocycles. The van der Waals surface area contributed by atoms with Crippen molar-refractivity contribution in [2.24, 2.45) is 11.3 Å². The fourth-order valence-corrected chi connectivity index (χ4v) is 5.44. The topological polar surface area (TPSA) is 38.3 Å². The quantitative estimate of drug-likeness (QED) is 0.472. The number of fused-ring (bicyclic) bond motifs is 1. The lowest BCUT2D eigenvalue weighted by atomic mass is 9.60. The Morgan fingerprint density at radius 3 is 2.27 bits per heavy atom. The number of ketones is 1. The highest BCUT2D eigenvalue weighted by atomic mass is 79.9. The third kappa shape index (κ3) is 5.28. The van der Waals surface area contributed by atoms with E-state index in [4.69, 9.17) is 17.0 Å². The van der Waals surface area contributed by atoms with Crippen molar-refractivity contribution in [1.29, 1.82) is 0 Å². The first kappa shape index (κ1) is 25.3. The minimum atomic E-state index is -2.76. The number of thiocarbonyl (C=S) groups is 1. The van der Waals surface area contributed by atoms with Crippen LogP contribution in [0.1, 0.15) is 71.4 Å². The van der Waals surface area contributed by atoms with E-state index in [9.17, 15) is 13.6 Å². The molecular weight excluding hydrogens is 472 g/mol. The summed E-state index contributed by atoms with van der Waals surface area (Å²) in [6, 6.07) is 5.99. The average Bonchev–Trinajstić information content (AvgIpc) is 2.86. The Hall–Kier alpha value is -0.920. The highest BCUT2D eigenvalue weighted by Gasteiger charge is 2.61. The van der Waals surface area contributed by atoms with E-state index in [1.54, 1.807) is 13.8 Å². The predicted octanol–water partition coefficient (Wildman–Crippen LogP) is 6.56. The molecule has 1 spiro atoms. The normalized spacial score (nSPS) is 27.6. The molecule has 1 aromatic carbocycles. The lowest BCUT2D eigenvalue weighted by Crippen LogP contribution is -2.60. The van der Waals surface area contributed by atoms with E-state index in [0.717, 1.165) is 27.9 Å². The maximum absolute atomic E-state index is 13.0. The summed E-state index contributed by atoms with van der Waals surface area (Å²) in [5, 5.41) is 3.33. The van der Waals surface area contributed by atoms with Crippen LogP contribution in [0.5, 0.6) is 0 Å². The van der Waals surface area contributed by atoms with Crippen molar-refractivity contribution < 1.29 is 18.3 Å². The van der Waals surface area contributed by atoms with E-state index in [1.807, 2.05) is 18.2 Å². The molecule has 3 rings (SSSR count). The van der Waals surface area contributed by atoms with Gasteiger partial charge in [-0.1, -0.05) is 55.0 Å². The molecule has 1 fully saturated rings. The molecule has 1 aromatic rings. The van der Waals surface area contributed by atoms with Crippen molar-refractivity contribution in [3.05, 3.63) is 33.8 Å². The molecular formula is C23H32BrF2NO2S. The van der Waals surface area contributed by atoms with Crippen LogP contribution in [0.4, 0.5) is 8.78 Å². The molecule has 30 heavy (non-hydrogen) atoms. The molecule has 7 heteroatoms. The second kappa shape index (κ2) is 10.1. The molecule has 1 atom stereocenters. The van der Waals surface area contributed by atoms with Gasteiger partial charge in [-0.15, -0.1) is 0 Å². The Bertz CT molecular complexity index is 776. The second-order valence-electron chi connectivity index (χ2n) is 9.07. The smallest absolute Gasteiger partial charge is 0.345 e. The van der Waals surface area contributed by atoms with Crippen LogP contribution in [0.3, 0.4) is 0 Å². The van der Waals surface area contributed by atoms with Gasteiger partial charge >= 0.3 is 6.61 Å². The molecule has 0 amide bonds. The monoisotopic (exact) mass is 503 g/mol. The maximum atomic E-state index is 13.0. The molecule has 1 unspecified atom stereocenters. The first-order chi connectivity index (χ1) is 13.9. The largest absolute Gasteiger partial charge is 0.363 e. The van der Waals surface area contributed by atoms with Crippen molar-refractivity contribution in [2.75, 3.05) is 0 Å². The van der Waals surface area contributed by atoms with E-state index >= 15 is 0 Å². The van der Waals surface area contributed by atoms with Gasteiger partial charge in [-0.25, -0.2) is 0 Å². The van der Waals surface area contributed by atoms with Crippen molar-refractivity contribution in [2.45, 2.75) is 85.0 Å². The van der Waals surface area contributed by atoms with Gasteiger partial charge in [-0.2, -0.15) is 8.78 Å². The first-order valence-electron chi connectivity index (χ1n) is 10.5. The Balaban J connectivity index is 0.000000735. The van der Waals surface area contributed by atoms with Crippen LogP contribution in [0.15, 0.2) is 22.7 Å².